The molecule has 1 amide bonds. The average Bonchev–Trinajstić information content (AvgIpc) is 2.97. The van der Waals surface area contributed by atoms with Gasteiger partial charge in [0.1, 0.15) is 10.5 Å². The lowest BCUT2D eigenvalue weighted by molar-refractivity contribution is -0.121. The Balaban J connectivity index is 2.25. The van der Waals surface area contributed by atoms with Gasteiger partial charge in [-0.15, -0.1) is 11.3 Å². The van der Waals surface area contributed by atoms with Crippen LogP contribution in [0.2, 0.25) is 0 Å². The molecule has 1 fully saturated rings. The van der Waals surface area contributed by atoms with Crippen molar-refractivity contribution >= 4 is 28.2 Å². The predicted octanol–water partition coefficient (Wildman–Crippen LogP) is 1.60. The molecule has 1 aliphatic rings. The molecule has 3 N–H and O–H groups in total. The number of carbonyl (C=O) groups excluding carboxylic acids is 2. The van der Waals surface area contributed by atoms with Gasteiger partial charge in [-0.05, 0) is 32.8 Å². The Morgan fingerprint density at radius 2 is 2.19 bits per heavy atom. The first kappa shape index (κ1) is 15.9. The van der Waals surface area contributed by atoms with Crippen molar-refractivity contribution in [1.82, 2.24) is 0 Å². The second kappa shape index (κ2) is 6.13. The normalized spacial score (nSPS) is 21.3. The van der Waals surface area contributed by atoms with Crippen molar-refractivity contribution in [2.24, 2.45) is 5.73 Å². The van der Waals surface area contributed by atoms with Crippen LogP contribution in [0.1, 0.15) is 34.1 Å². The number of anilines is 1. The Bertz CT molecular complexity index is 562. The lowest BCUT2D eigenvalue weighted by Crippen LogP contribution is -2.51. The van der Waals surface area contributed by atoms with Crippen LogP contribution < -0.4 is 11.1 Å². The molecule has 0 saturated carbocycles. The molecule has 0 aromatic carbocycles. The van der Waals surface area contributed by atoms with E-state index in [1.54, 1.807) is 6.92 Å². The lowest BCUT2D eigenvalue weighted by atomic mass is 9.99. The van der Waals surface area contributed by atoms with E-state index in [0.717, 1.165) is 10.4 Å². The first-order valence-corrected chi connectivity index (χ1v) is 7.66. The summed E-state index contributed by atoms with van der Waals surface area (Å²) in [6.07, 6.45) is 0.469. The largest absolute Gasteiger partial charge is 0.462 e. The molecule has 6 nitrogen and oxygen atoms in total. The summed E-state index contributed by atoms with van der Waals surface area (Å²) in [5, 5.41) is 3.26. The molecule has 1 saturated heterocycles. The quantitative estimate of drug-likeness (QED) is 0.824. The molecule has 1 atom stereocenters. The Kier molecular flexibility index (Phi) is 4.65. The van der Waals surface area contributed by atoms with Gasteiger partial charge in [0.05, 0.1) is 18.8 Å². The summed E-state index contributed by atoms with van der Waals surface area (Å²) in [6.45, 7) is 6.43. The molecule has 0 aliphatic carbocycles. The van der Waals surface area contributed by atoms with E-state index in [1.807, 2.05) is 13.8 Å². The Morgan fingerprint density at radius 1 is 1.48 bits per heavy atom. The number of aryl methyl sites for hydroxylation is 1. The molecule has 2 heterocycles. The number of hydrogen-bond acceptors (Lipinski definition) is 6. The second-order valence-electron chi connectivity index (χ2n) is 5.12. The molecule has 2 rings (SSSR count). The molecule has 1 aliphatic heterocycles. The highest BCUT2D eigenvalue weighted by Gasteiger charge is 2.39. The van der Waals surface area contributed by atoms with Crippen LogP contribution in [0.15, 0.2) is 0 Å². The topological polar surface area (TPSA) is 90.7 Å². The summed E-state index contributed by atoms with van der Waals surface area (Å²) in [4.78, 5) is 25.3. The summed E-state index contributed by atoms with van der Waals surface area (Å²) >= 11 is 1.35. The fraction of sp³-hybridized carbons (Fsp3) is 0.571. The minimum Gasteiger partial charge on any atom is -0.462 e. The van der Waals surface area contributed by atoms with Crippen LogP contribution in [-0.4, -0.2) is 37.2 Å². The summed E-state index contributed by atoms with van der Waals surface area (Å²) in [5.74, 6) is -0.754. The van der Waals surface area contributed by atoms with Crippen LogP contribution >= 0.6 is 11.3 Å². The van der Waals surface area contributed by atoms with Crippen LogP contribution in [-0.2, 0) is 14.3 Å². The zero-order valence-electron chi connectivity index (χ0n) is 12.4. The van der Waals surface area contributed by atoms with Gasteiger partial charge in [-0.2, -0.15) is 0 Å². The summed E-state index contributed by atoms with van der Waals surface area (Å²) in [7, 11) is 0. The molecule has 1 aromatic heterocycles. The van der Waals surface area contributed by atoms with Crippen molar-refractivity contribution in [3.05, 3.63) is 16.0 Å². The molecule has 1 unspecified atom stereocenters. The van der Waals surface area contributed by atoms with Crippen LogP contribution in [0.25, 0.3) is 0 Å². The Hall–Kier alpha value is -1.44. The lowest BCUT2D eigenvalue weighted by Gasteiger charge is -2.20. The van der Waals surface area contributed by atoms with Gasteiger partial charge >= 0.3 is 5.97 Å². The molecule has 0 bridgehead atoms. The molecule has 0 spiro atoms. The molecule has 116 valence electrons. The number of amides is 1. The maximum atomic E-state index is 12.3. The van der Waals surface area contributed by atoms with E-state index in [0.29, 0.717) is 23.6 Å². The number of ether oxygens (including phenoxy) is 2. The van der Waals surface area contributed by atoms with Crippen molar-refractivity contribution < 1.29 is 19.1 Å². The monoisotopic (exact) mass is 312 g/mol. The first-order valence-electron chi connectivity index (χ1n) is 6.84. The van der Waals surface area contributed by atoms with Crippen LogP contribution in [0.4, 0.5) is 5.00 Å². The van der Waals surface area contributed by atoms with E-state index >= 15 is 0 Å². The van der Waals surface area contributed by atoms with E-state index in [-0.39, 0.29) is 19.1 Å². The number of carbonyl (C=O) groups is 2. The van der Waals surface area contributed by atoms with E-state index < -0.39 is 11.5 Å². The highest BCUT2D eigenvalue weighted by molar-refractivity contribution is 7.16. The SMILES string of the molecule is CCOC(=O)c1c(NC(=O)C2(N)CCOC2)sc(C)c1C. The van der Waals surface area contributed by atoms with Crippen LogP contribution in [0.3, 0.4) is 0 Å². The zero-order chi connectivity index (χ0) is 15.6. The molecule has 0 radical (unpaired) electrons. The molecular weight excluding hydrogens is 292 g/mol. The van der Waals surface area contributed by atoms with Crippen molar-refractivity contribution in [2.75, 3.05) is 25.1 Å². The van der Waals surface area contributed by atoms with Gasteiger partial charge in [0.15, 0.2) is 0 Å². The summed E-state index contributed by atoms with van der Waals surface area (Å²) < 4.78 is 10.2. The van der Waals surface area contributed by atoms with Crippen LogP contribution in [0, 0.1) is 13.8 Å². The smallest absolute Gasteiger partial charge is 0.341 e. The van der Waals surface area contributed by atoms with Crippen LogP contribution in [0.5, 0.6) is 0 Å². The molecular formula is C14H20N2O4S. The van der Waals surface area contributed by atoms with Crippen molar-refractivity contribution in [3.8, 4) is 0 Å². The number of esters is 1. The van der Waals surface area contributed by atoms with Gasteiger partial charge < -0.3 is 20.5 Å². The van der Waals surface area contributed by atoms with E-state index in [2.05, 4.69) is 5.32 Å². The minimum absolute atomic E-state index is 0.191. The number of thiophene rings is 1. The maximum Gasteiger partial charge on any atom is 0.341 e. The fourth-order valence-electron chi connectivity index (χ4n) is 2.15. The molecule has 7 heteroatoms. The third kappa shape index (κ3) is 3.09. The van der Waals surface area contributed by atoms with Gasteiger partial charge in [0.2, 0.25) is 5.91 Å². The fourth-order valence-corrected chi connectivity index (χ4v) is 3.20. The number of nitrogens with one attached hydrogen (secondary N) is 1. The Labute approximate surface area is 127 Å². The van der Waals surface area contributed by atoms with Gasteiger partial charge in [0, 0.05) is 11.5 Å². The highest BCUT2D eigenvalue weighted by atomic mass is 32.1. The minimum atomic E-state index is -1.03. The molecule has 1 aromatic rings. The third-order valence-electron chi connectivity index (χ3n) is 3.60. The van der Waals surface area contributed by atoms with Gasteiger partial charge in [0.25, 0.3) is 0 Å². The predicted molar refractivity (Wildman–Crippen MR) is 80.7 cm³/mol. The van der Waals surface area contributed by atoms with Gasteiger partial charge in [-0.3, -0.25) is 4.79 Å². The number of rotatable bonds is 4. The summed E-state index contributed by atoms with van der Waals surface area (Å²) in [5.41, 5.74) is 6.24. The van der Waals surface area contributed by atoms with Crippen molar-refractivity contribution in [3.63, 3.8) is 0 Å². The average molecular weight is 312 g/mol. The van der Waals surface area contributed by atoms with Gasteiger partial charge in [-0.1, -0.05) is 0 Å². The van der Waals surface area contributed by atoms with Gasteiger partial charge in [-0.25, -0.2) is 4.79 Å². The first-order chi connectivity index (χ1) is 9.89. The van der Waals surface area contributed by atoms with E-state index in [4.69, 9.17) is 15.2 Å². The third-order valence-corrected chi connectivity index (χ3v) is 4.72. The summed E-state index contributed by atoms with van der Waals surface area (Å²) in [6, 6.07) is 0. The van der Waals surface area contributed by atoms with E-state index in [9.17, 15) is 9.59 Å². The highest BCUT2D eigenvalue weighted by Crippen LogP contribution is 2.33. The molecule has 21 heavy (non-hydrogen) atoms. The van der Waals surface area contributed by atoms with Crippen molar-refractivity contribution in [1.29, 1.82) is 0 Å². The Morgan fingerprint density at radius 3 is 2.76 bits per heavy atom. The maximum absolute atomic E-state index is 12.3. The standard InChI is InChI=1S/C14H20N2O4S/c1-4-20-12(17)10-8(2)9(3)21-11(10)16-13(18)14(15)5-6-19-7-14/h4-7,15H2,1-3H3,(H,16,18). The number of nitrogens with two attached hydrogens (primary N) is 1. The number of hydrogen-bond donors (Lipinski definition) is 2. The van der Waals surface area contributed by atoms with Crippen molar-refractivity contribution in [2.45, 2.75) is 32.7 Å². The zero-order valence-corrected chi connectivity index (χ0v) is 13.3. The van der Waals surface area contributed by atoms with E-state index in [1.165, 1.54) is 11.3 Å². The second-order valence-corrected chi connectivity index (χ2v) is 6.35.